The maximum absolute atomic E-state index is 11.2. The first-order chi connectivity index (χ1) is 8.72. The van der Waals surface area contributed by atoms with Crippen LogP contribution in [0.4, 0.5) is 5.69 Å². The number of anilines is 1. The van der Waals surface area contributed by atoms with Gasteiger partial charge in [0.1, 0.15) is 0 Å². The van der Waals surface area contributed by atoms with Gasteiger partial charge in [0.25, 0.3) is 0 Å². The first kappa shape index (κ1) is 11.3. The van der Waals surface area contributed by atoms with E-state index in [2.05, 4.69) is 15.8 Å². The van der Waals surface area contributed by atoms with Crippen molar-refractivity contribution in [2.24, 2.45) is 5.10 Å². The van der Waals surface area contributed by atoms with Crippen molar-refractivity contribution in [2.75, 3.05) is 11.1 Å². The summed E-state index contributed by atoms with van der Waals surface area (Å²) in [6, 6.07) is 5.81. The Labute approximate surface area is 108 Å². The SMILES string of the molecule is O=C1CCC(c2ccc3c(c2)SCC(=O)N3)=NN1. The Kier molecular flexibility index (Phi) is 2.79. The number of carbonyl (C=O) groups excluding carboxylic acids is 2. The maximum Gasteiger partial charge on any atom is 0.240 e. The van der Waals surface area contributed by atoms with Gasteiger partial charge < -0.3 is 5.32 Å². The van der Waals surface area contributed by atoms with Crippen LogP contribution in [0.5, 0.6) is 0 Å². The highest BCUT2D eigenvalue weighted by Gasteiger charge is 2.18. The number of fused-ring (bicyclic) bond motifs is 1. The van der Waals surface area contributed by atoms with Crippen LogP contribution in [-0.4, -0.2) is 23.3 Å². The van der Waals surface area contributed by atoms with Gasteiger partial charge in [0, 0.05) is 17.7 Å². The molecule has 92 valence electrons. The van der Waals surface area contributed by atoms with E-state index in [1.54, 1.807) is 0 Å². The van der Waals surface area contributed by atoms with Crippen LogP contribution in [0.2, 0.25) is 0 Å². The molecule has 2 aliphatic rings. The summed E-state index contributed by atoms with van der Waals surface area (Å²) in [6.45, 7) is 0. The molecule has 2 N–H and O–H groups in total. The molecule has 2 amide bonds. The van der Waals surface area contributed by atoms with Crippen molar-refractivity contribution in [3.05, 3.63) is 23.8 Å². The van der Waals surface area contributed by atoms with Gasteiger partial charge in [-0.05, 0) is 17.7 Å². The molecule has 0 aliphatic carbocycles. The number of benzene rings is 1. The minimum atomic E-state index is -0.0432. The number of thioether (sulfide) groups is 1. The van der Waals surface area contributed by atoms with Crippen molar-refractivity contribution in [1.29, 1.82) is 0 Å². The summed E-state index contributed by atoms with van der Waals surface area (Å²) in [4.78, 5) is 23.3. The number of nitrogens with zero attached hydrogens (tertiary/aromatic N) is 1. The Hall–Kier alpha value is -1.82. The molecule has 0 unspecified atom stereocenters. The second-order valence-corrected chi connectivity index (χ2v) is 5.16. The molecule has 0 bridgehead atoms. The molecule has 0 atom stereocenters. The molecule has 0 aromatic heterocycles. The smallest absolute Gasteiger partial charge is 0.240 e. The maximum atomic E-state index is 11.2. The fourth-order valence-electron chi connectivity index (χ4n) is 1.94. The molecule has 0 radical (unpaired) electrons. The lowest BCUT2D eigenvalue weighted by Gasteiger charge is -2.18. The van der Waals surface area contributed by atoms with Crippen molar-refractivity contribution >= 4 is 35.0 Å². The van der Waals surface area contributed by atoms with E-state index < -0.39 is 0 Å². The van der Waals surface area contributed by atoms with E-state index in [9.17, 15) is 9.59 Å². The van der Waals surface area contributed by atoms with Gasteiger partial charge in [-0.15, -0.1) is 11.8 Å². The summed E-state index contributed by atoms with van der Waals surface area (Å²) in [5, 5.41) is 6.89. The van der Waals surface area contributed by atoms with Crippen LogP contribution in [0.15, 0.2) is 28.2 Å². The number of rotatable bonds is 1. The second-order valence-electron chi connectivity index (χ2n) is 4.14. The Bertz CT molecular complexity index is 568. The largest absolute Gasteiger partial charge is 0.324 e. The minimum absolute atomic E-state index is 0.0301. The van der Waals surface area contributed by atoms with E-state index in [1.807, 2.05) is 18.2 Å². The van der Waals surface area contributed by atoms with E-state index in [-0.39, 0.29) is 11.8 Å². The molecule has 18 heavy (non-hydrogen) atoms. The van der Waals surface area contributed by atoms with Gasteiger partial charge in [-0.2, -0.15) is 5.10 Å². The van der Waals surface area contributed by atoms with Gasteiger partial charge in [-0.1, -0.05) is 6.07 Å². The van der Waals surface area contributed by atoms with Crippen LogP contribution in [0.3, 0.4) is 0 Å². The zero-order chi connectivity index (χ0) is 12.5. The molecular formula is C12H11N3O2S. The Balaban J connectivity index is 1.91. The first-order valence-corrected chi connectivity index (χ1v) is 6.63. The molecule has 0 fully saturated rings. The van der Waals surface area contributed by atoms with E-state index in [4.69, 9.17) is 0 Å². The van der Waals surface area contributed by atoms with E-state index in [0.717, 1.165) is 21.9 Å². The van der Waals surface area contributed by atoms with E-state index in [0.29, 0.717) is 18.6 Å². The fraction of sp³-hybridized carbons (Fsp3) is 0.250. The number of hydrogen-bond acceptors (Lipinski definition) is 4. The topological polar surface area (TPSA) is 70.6 Å². The van der Waals surface area contributed by atoms with Crippen LogP contribution in [-0.2, 0) is 9.59 Å². The number of hydrazone groups is 1. The number of amides is 2. The third-order valence-corrected chi connectivity index (χ3v) is 3.91. The molecule has 6 heteroatoms. The normalized spacial score (nSPS) is 18.6. The highest BCUT2D eigenvalue weighted by Crippen LogP contribution is 2.32. The highest BCUT2D eigenvalue weighted by atomic mass is 32.2. The molecule has 0 saturated heterocycles. The van der Waals surface area contributed by atoms with Crippen molar-refractivity contribution < 1.29 is 9.59 Å². The summed E-state index contributed by atoms with van der Waals surface area (Å²) >= 11 is 1.52. The van der Waals surface area contributed by atoms with Gasteiger partial charge in [0.15, 0.2) is 0 Å². The second kappa shape index (κ2) is 4.45. The zero-order valence-corrected chi connectivity index (χ0v) is 10.3. The minimum Gasteiger partial charge on any atom is -0.324 e. The van der Waals surface area contributed by atoms with E-state index >= 15 is 0 Å². The predicted molar refractivity (Wildman–Crippen MR) is 69.7 cm³/mol. The monoisotopic (exact) mass is 261 g/mol. The van der Waals surface area contributed by atoms with Crippen molar-refractivity contribution in [2.45, 2.75) is 17.7 Å². The molecule has 2 aliphatic heterocycles. The van der Waals surface area contributed by atoms with Crippen LogP contribution < -0.4 is 10.7 Å². The van der Waals surface area contributed by atoms with Gasteiger partial charge in [0.2, 0.25) is 11.8 Å². The average Bonchev–Trinajstić information content (AvgIpc) is 2.39. The molecule has 1 aromatic rings. The average molecular weight is 261 g/mol. The Morgan fingerprint density at radius 3 is 2.83 bits per heavy atom. The molecule has 5 nitrogen and oxygen atoms in total. The van der Waals surface area contributed by atoms with Crippen molar-refractivity contribution in [1.82, 2.24) is 5.43 Å². The molecule has 1 aromatic carbocycles. The van der Waals surface area contributed by atoms with Crippen LogP contribution in [0.25, 0.3) is 0 Å². The number of hydrogen-bond donors (Lipinski definition) is 2. The van der Waals surface area contributed by atoms with Gasteiger partial charge in [0.05, 0.1) is 17.2 Å². The molecule has 3 rings (SSSR count). The molecular weight excluding hydrogens is 250 g/mol. The van der Waals surface area contributed by atoms with Gasteiger partial charge in [-0.25, -0.2) is 5.43 Å². The predicted octanol–water partition coefficient (Wildman–Crippen LogP) is 1.34. The fourth-order valence-corrected chi connectivity index (χ4v) is 2.78. The lowest BCUT2D eigenvalue weighted by molar-refractivity contribution is -0.121. The zero-order valence-electron chi connectivity index (χ0n) is 9.53. The Morgan fingerprint density at radius 2 is 2.06 bits per heavy atom. The van der Waals surface area contributed by atoms with Gasteiger partial charge >= 0.3 is 0 Å². The summed E-state index contributed by atoms with van der Waals surface area (Å²) < 4.78 is 0. The van der Waals surface area contributed by atoms with Crippen LogP contribution >= 0.6 is 11.8 Å². The van der Waals surface area contributed by atoms with Crippen molar-refractivity contribution in [3.8, 4) is 0 Å². The molecule has 2 heterocycles. The quantitative estimate of drug-likeness (QED) is 0.801. The third-order valence-electron chi connectivity index (χ3n) is 2.85. The summed E-state index contributed by atoms with van der Waals surface area (Å²) in [5.41, 5.74) is 5.22. The highest BCUT2D eigenvalue weighted by molar-refractivity contribution is 8.00. The van der Waals surface area contributed by atoms with Crippen molar-refractivity contribution in [3.63, 3.8) is 0 Å². The summed E-state index contributed by atoms with van der Waals surface area (Å²) in [5.74, 6) is 0.431. The third kappa shape index (κ3) is 2.11. The number of nitrogens with one attached hydrogen (secondary N) is 2. The first-order valence-electron chi connectivity index (χ1n) is 5.65. The van der Waals surface area contributed by atoms with Crippen LogP contribution in [0.1, 0.15) is 18.4 Å². The van der Waals surface area contributed by atoms with E-state index in [1.165, 1.54) is 11.8 Å². The van der Waals surface area contributed by atoms with Crippen LogP contribution in [0, 0.1) is 0 Å². The number of carbonyl (C=O) groups is 2. The van der Waals surface area contributed by atoms with Gasteiger partial charge in [-0.3, -0.25) is 9.59 Å². The standard InChI is InChI=1S/C12H11N3O2S/c16-11-4-3-8(14-15-11)7-1-2-9-10(5-7)18-6-12(17)13-9/h1-2,5H,3-4,6H2,(H,13,17)(H,15,16). The molecule has 0 saturated carbocycles. The summed E-state index contributed by atoms with van der Waals surface area (Å²) in [7, 11) is 0. The lowest BCUT2D eigenvalue weighted by Crippen LogP contribution is -2.26. The summed E-state index contributed by atoms with van der Waals surface area (Å²) in [6.07, 6.45) is 1.13. The molecule has 0 spiro atoms. The Morgan fingerprint density at radius 1 is 1.17 bits per heavy atom. The lowest BCUT2D eigenvalue weighted by atomic mass is 10.0.